The van der Waals surface area contributed by atoms with Gasteiger partial charge in [0.1, 0.15) is 11.6 Å². The van der Waals surface area contributed by atoms with Gasteiger partial charge in [-0.15, -0.1) is 0 Å². The minimum Gasteiger partial charge on any atom is -0.480 e. The van der Waals surface area contributed by atoms with Crippen LogP contribution in [0.25, 0.3) is 11.0 Å². The SMILES string of the molecule is Cc1ccc(C)c2c(C)c(C(=O)NC(CC(F)F)C(=O)O)oc12. The van der Waals surface area contributed by atoms with Gasteiger partial charge in [-0.1, -0.05) is 12.1 Å². The van der Waals surface area contributed by atoms with Gasteiger partial charge in [-0.05, 0) is 31.9 Å². The Hall–Kier alpha value is -2.44. The van der Waals surface area contributed by atoms with Crippen LogP contribution in [0, 0.1) is 20.8 Å². The molecule has 23 heavy (non-hydrogen) atoms. The Balaban J connectivity index is 2.38. The lowest BCUT2D eigenvalue weighted by molar-refractivity contribution is -0.140. The fourth-order valence-corrected chi connectivity index (χ4v) is 2.52. The van der Waals surface area contributed by atoms with E-state index in [1.807, 2.05) is 26.0 Å². The molecule has 1 unspecified atom stereocenters. The number of fused-ring (bicyclic) bond motifs is 1. The zero-order valence-corrected chi connectivity index (χ0v) is 12.9. The first-order valence-corrected chi connectivity index (χ1v) is 7.03. The van der Waals surface area contributed by atoms with Crippen LogP contribution in [0.3, 0.4) is 0 Å². The molecule has 0 radical (unpaired) electrons. The number of carboxylic acids is 1. The maximum absolute atomic E-state index is 12.4. The van der Waals surface area contributed by atoms with Gasteiger partial charge < -0.3 is 14.8 Å². The number of alkyl halides is 2. The lowest BCUT2D eigenvalue weighted by Crippen LogP contribution is -2.42. The molecule has 0 spiro atoms. The van der Waals surface area contributed by atoms with Crippen molar-refractivity contribution >= 4 is 22.8 Å². The van der Waals surface area contributed by atoms with E-state index in [4.69, 9.17) is 9.52 Å². The second-order valence-electron chi connectivity index (χ2n) is 5.45. The van der Waals surface area contributed by atoms with E-state index in [1.54, 1.807) is 6.92 Å². The molecule has 2 rings (SSSR count). The molecular formula is C16H17F2NO4. The number of aliphatic carboxylic acids is 1. The van der Waals surface area contributed by atoms with Crippen LogP contribution in [0.15, 0.2) is 16.5 Å². The van der Waals surface area contributed by atoms with Crippen LogP contribution in [-0.2, 0) is 4.79 Å². The fraction of sp³-hybridized carbons (Fsp3) is 0.375. The first-order chi connectivity index (χ1) is 10.7. The number of nitrogens with one attached hydrogen (secondary N) is 1. The van der Waals surface area contributed by atoms with Crippen molar-refractivity contribution in [1.29, 1.82) is 0 Å². The van der Waals surface area contributed by atoms with Gasteiger partial charge >= 0.3 is 5.97 Å². The number of carbonyl (C=O) groups is 2. The van der Waals surface area contributed by atoms with Crippen LogP contribution >= 0.6 is 0 Å². The lowest BCUT2D eigenvalue weighted by Gasteiger charge is -2.13. The first kappa shape index (κ1) is 16.9. The molecule has 1 heterocycles. The number of carbonyl (C=O) groups excluding carboxylic acids is 1. The fourth-order valence-electron chi connectivity index (χ4n) is 2.52. The standard InChI is InChI=1S/C16H17F2NO4/c1-7-4-5-8(2)13-12(7)9(3)14(23-13)15(20)19-10(16(21)22)6-11(17)18/h4-5,10-11H,6H2,1-3H3,(H,19,20)(H,21,22). The summed E-state index contributed by atoms with van der Waals surface area (Å²) in [6.07, 6.45) is -3.80. The third kappa shape index (κ3) is 3.33. The Labute approximate surface area is 131 Å². The number of furan rings is 1. The molecule has 0 aliphatic heterocycles. The second kappa shape index (κ2) is 6.36. The molecule has 1 aromatic heterocycles. The van der Waals surface area contributed by atoms with Gasteiger partial charge in [0.25, 0.3) is 5.91 Å². The molecule has 0 bridgehead atoms. The van der Waals surface area contributed by atoms with E-state index in [9.17, 15) is 18.4 Å². The van der Waals surface area contributed by atoms with Crippen LogP contribution in [0.4, 0.5) is 8.78 Å². The molecule has 0 aliphatic carbocycles. The van der Waals surface area contributed by atoms with Gasteiger partial charge in [-0.3, -0.25) is 4.79 Å². The van der Waals surface area contributed by atoms with E-state index in [1.165, 1.54) is 0 Å². The molecule has 124 valence electrons. The lowest BCUT2D eigenvalue weighted by atomic mass is 10.0. The minimum absolute atomic E-state index is 0.0575. The number of benzene rings is 1. The Bertz CT molecular complexity index is 767. The smallest absolute Gasteiger partial charge is 0.326 e. The Kier molecular flexibility index (Phi) is 4.68. The number of hydrogen-bond donors (Lipinski definition) is 2. The molecule has 7 heteroatoms. The zero-order chi connectivity index (χ0) is 17.3. The molecular weight excluding hydrogens is 308 g/mol. The van der Waals surface area contributed by atoms with Crippen molar-refractivity contribution in [3.63, 3.8) is 0 Å². The molecule has 0 saturated heterocycles. The highest BCUT2D eigenvalue weighted by Gasteiger charge is 2.27. The summed E-state index contributed by atoms with van der Waals surface area (Å²) in [4.78, 5) is 23.2. The summed E-state index contributed by atoms with van der Waals surface area (Å²) in [6, 6.07) is 2.06. The third-order valence-corrected chi connectivity index (χ3v) is 3.71. The normalized spacial score (nSPS) is 12.6. The van der Waals surface area contributed by atoms with Crippen molar-refractivity contribution in [3.05, 3.63) is 34.6 Å². The van der Waals surface area contributed by atoms with Crippen LogP contribution in [0.5, 0.6) is 0 Å². The largest absolute Gasteiger partial charge is 0.480 e. The summed E-state index contributed by atoms with van der Waals surface area (Å²) in [7, 11) is 0. The number of carboxylic acid groups (broad SMARTS) is 1. The van der Waals surface area contributed by atoms with Crippen LogP contribution in [0.1, 0.15) is 33.7 Å². The number of halogens is 2. The maximum Gasteiger partial charge on any atom is 0.326 e. The van der Waals surface area contributed by atoms with Crippen LogP contribution in [0.2, 0.25) is 0 Å². The molecule has 1 amide bonds. The van der Waals surface area contributed by atoms with E-state index >= 15 is 0 Å². The van der Waals surface area contributed by atoms with Gasteiger partial charge in [-0.2, -0.15) is 0 Å². The summed E-state index contributed by atoms with van der Waals surface area (Å²) in [5.41, 5.74) is 2.83. The Morgan fingerprint density at radius 3 is 2.35 bits per heavy atom. The van der Waals surface area contributed by atoms with E-state index in [0.29, 0.717) is 11.1 Å². The molecule has 1 atom stereocenters. The van der Waals surface area contributed by atoms with Gasteiger partial charge in [0.2, 0.25) is 6.43 Å². The number of hydrogen-bond acceptors (Lipinski definition) is 3. The van der Waals surface area contributed by atoms with E-state index in [2.05, 4.69) is 5.32 Å². The van der Waals surface area contributed by atoms with Crippen molar-refractivity contribution in [2.24, 2.45) is 0 Å². The topological polar surface area (TPSA) is 79.5 Å². The van der Waals surface area contributed by atoms with Crippen molar-refractivity contribution in [2.75, 3.05) is 0 Å². The molecule has 1 aromatic carbocycles. The van der Waals surface area contributed by atoms with E-state index < -0.39 is 30.8 Å². The highest BCUT2D eigenvalue weighted by molar-refractivity contribution is 6.01. The average Bonchev–Trinajstić information content (AvgIpc) is 2.80. The predicted octanol–water partition coefficient (Wildman–Crippen LogP) is 3.20. The number of rotatable bonds is 5. The number of amides is 1. The zero-order valence-electron chi connectivity index (χ0n) is 12.9. The van der Waals surface area contributed by atoms with E-state index in [-0.39, 0.29) is 5.76 Å². The summed E-state index contributed by atoms with van der Waals surface area (Å²) < 4.78 is 30.4. The minimum atomic E-state index is -2.84. The van der Waals surface area contributed by atoms with Crippen molar-refractivity contribution in [1.82, 2.24) is 5.32 Å². The van der Waals surface area contributed by atoms with Gasteiger partial charge in [-0.25, -0.2) is 13.6 Å². The van der Waals surface area contributed by atoms with Gasteiger partial charge in [0.15, 0.2) is 5.76 Å². The summed E-state index contributed by atoms with van der Waals surface area (Å²) in [6.45, 7) is 5.36. The maximum atomic E-state index is 12.4. The molecule has 2 aromatic rings. The molecule has 2 N–H and O–H groups in total. The molecule has 0 aliphatic rings. The van der Waals surface area contributed by atoms with Crippen molar-refractivity contribution < 1.29 is 27.9 Å². The van der Waals surface area contributed by atoms with E-state index in [0.717, 1.165) is 16.5 Å². The third-order valence-electron chi connectivity index (χ3n) is 3.71. The van der Waals surface area contributed by atoms with Gasteiger partial charge in [0, 0.05) is 17.4 Å². The van der Waals surface area contributed by atoms with Gasteiger partial charge in [0.05, 0.1) is 0 Å². The monoisotopic (exact) mass is 325 g/mol. The summed E-state index contributed by atoms with van der Waals surface area (Å²) >= 11 is 0. The average molecular weight is 325 g/mol. The Morgan fingerprint density at radius 2 is 1.83 bits per heavy atom. The highest BCUT2D eigenvalue weighted by atomic mass is 19.3. The van der Waals surface area contributed by atoms with Crippen LogP contribution < -0.4 is 5.32 Å². The Morgan fingerprint density at radius 1 is 1.22 bits per heavy atom. The quantitative estimate of drug-likeness (QED) is 0.885. The molecule has 5 nitrogen and oxygen atoms in total. The van der Waals surface area contributed by atoms with Crippen molar-refractivity contribution in [2.45, 2.75) is 39.7 Å². The summed E-state index contributed by atoms with van der Waals surface area (Å²) in [5, 5.41) is 11.8. The number of aryl methyl sites for hydroxylation is 3. The molecule has 0 saturated carbocycles. The first-order valence-electron chi connectivity index (χ1n) is 7.03. The van der Waals surface area contributed by atoms with Crippen LogP contribution in [-0.4, -0.2) is 29.5 Å². The van der Waals surface area contributed by atoms with Crippen molar-refractivity contribution in [3.8, 4) is 0 Å². The molecule has 0 fully saturated rings. The highest BCUT2D eigenvalue weighted by Crippen LogP contribution is 2.30. The summed E-state index contributed by atoms with van der Waals surface area (Å²) in [5.74, 6) is -2.39. The second-order valence-corrected chi connectivity index (χ2v) is 5.45. The predicted molar refractivity (Wildman–Crippen MR) is 79.9 cm³/mol.